The number of carbonyl (C=O) groups excluding carboxylic acids is 4. The number of amides is 3. The largest absolute Gasteiger partial charge is 0.490 e. The van der Waals surface area contributed by atoms with Crippen LogP contribution >= 0.6 is 11.3 Å². The highest BCUT2D eigenvalue weighted by atomic mass is 32.1. The average molecular weight is 1110 g/mol. The molecule has 0 radical (unpaired) electrons. The number of aryl methyl sites for hydroxylation is 1. The molecule has 16 nitrogen and oxygen atoms in total. The molecule has 2 saturated heterocycles. The van der Waals surface area contributed by atoms with Crippen molar-refractivity contribution in [1.82, 2.24) is 30.0 Å². The number of para-hydroxylation sites is 2. The number of ether oxygens (including phenoxy) is 3. The van der Waals surface area contributed by atoms with Crippen LogP contribution in [0.5, 0.6) is 5.75 Å². The van der Waals surface area contributed by atoms with Crippen LogP contribution < -0.4 is 25.2 Å². The van der Waals surface area contributed by atoms with Crippen molar-refractivity contribution in [1.29, 1.82) is 0 Å². The Balaban J connectivity index is 0.714. The molecular formula is C60H64F3N9O7S. The first-order valence-electron chi connectivity index (χ1n) is 27.5. The first kappa shape index (κ1) is 54.5. The van der Waals surface area contributed by atoms with Crippen LogP contribution in [0.4, 0.5) is 29.8 Å². The summed E-state index contributed by atoms with van der Waals surface area (Å²) in [6.07, 6.45) is -0.954. The number of thiazole rings is 1. The maximum absolute atomic E-state index is 15.5. The zero-order valence-electron chi connectivity index (χ0n) is 45.2. The van der Waals surface area contributed by atoms with Crippen LogP contribution in [-0.4, -0.2) is 112 Å². The Hall–Kier alpha value is -7.42. The summed E-state index contributed by atoms with van der Waals surface area (Å²) in [6.45, 7) is 10.6. The Morgan fingerprint density at radius 3 is 2.33 bits per heavy atom. The monoisotopic (exact) mass is 1110 g/mol. The summed E-state index contributed by atoms with van der Waals surface area (Å²) in [4.78, 5) is 68.5. The normalized spacial score (nSPS) is 19.3. The molecule has 6 heterocycles. The van der Waals surface area contributed by atoms with Gasteiger partial charge in [-0.25, -0.2) is 14.8 Å². The van der Waals surface area contributed by atoms with Gasteiger partial charge in [0, 0.05) is 88.0 Å². The van der Waals surface area contributed by atoms with E-state index in [0.29, 0.717) is 80.3 Å². The molecule has 2 N–H and O–H groups in total. The number of anilines is 3. The van der Waals surface area contributed by atoms with E-state index in [2.05, 4.69) is 31.5 Å². The standard InChI is InChI=1S/C60H64F3N9O7S/c1-59(2,3)79-57(76)53-40(23-25-49(65-53)72-29-27-36-11-7-13-41(44(36)35-72)55(74)67-58-64-45-15-5-6-18-48(45)80-58)39-12-9-17-47(51(39)60(61,62)63)78-38-21-19-37(20-22-38)77-34-10-28-70-30-32-71(33-31-70)46-16-8-14-42-52(68-69(4)54(42)46)43-24-26-50(73)66-56(43)75/h5-9,11-18,23,25,37-38,43H,10,19-22,24,26-35H2,1-4H3,(H,64,67,74)(H,66,73,75). The van der Waals surface area contributed by atoms with E-state index in [0.717, 1.165) is 77.1 Å². The van der Waals surface area contributed by atoms with E-state index < -0.39 is 35.3 Å². The molecule has 7 aromatic rings. The van der Waals surface area contributed by atoms with Gasteiger partial charge in [0.15, 0.2) is 10.8 Å². The fourth-order valence-electron chi connectivity index (χ4n) is 11.6. The van der Waals surface area contributed by atoms with Gasteiger partial charge in [0.1, 0.15) is 22.7 Å². The number of imide groups is 1. The van der Waals surface area contributed by atoms with E-state index in [9.17, 15) is 19.2 Å². The lowest BCUT2D eigenvalue weighted by molar-refractivity contribution is -0.139. The summed E-state index contributed by atoms with van der Waals surface area (Å²) in [6, 6.07) is 26.6. The molecule has 0 bridgehead atoms. The molecule has 4 aromatic carbocycles. The van der Waals surface area contributed by atoms with Crippen molar-refractivity contribution in [3.63, 3.8) is 0 Å². The molecule has 3 fully saturated rings. The van der Waals surface area contributed by atoms with E-state index >= 15 is 13.2 Å². The number of hydrogen-bond acceptors (Lipinski definition) is 14. The predicted octanol–water partition coefficient (Wildman–Crippen LogP) is 10.5. The van der Waals surface area contributed by atoms with Gasteiger partial charge in [-0.05, 0) is 119 Å². The van der Waals surface area contributed by atoms with Crippen LogP contribution in [-0.2, 0) is 45.3 Å². The highest BCUT2D eigenvalue weighted by Gasteiger charge is 2.40. The SMILES string of the molecule is Cn1nc(C2CCC(=O)NC2=O)c2cccc(N3CCN(CCCOC4CCC(Oc5cccc(-c6ccc(N7CCc8cccc(C(=O)Nc9nc%10ccccc%10s9)c8C7)nc6C(=O)OC(C)(C)C)c5C(F)(F)F)CC4)CC3)c21. The van der Waals surface area contributed by atoms with Gasteiger partial charge in [-0.3, -0.25) is 34.6 Å². The van der Waals surface area contributed by atoms with Gasteiger partial charge in [-0.2, -0.15) is 18.3 Å². The number of nitrogens with one attached hydrogen (secondary N) is 2. The van der Waals surface area contributed by atoms with Gasteiger partial charge >= 0.3 is 12.1 Å². The fraction of sp³-hybridized carbons (Fsp3) is 0.417. The van der Waals surface area contributed by atoms with E-state index in [1.54, 1.807) is 32.9 Å². The van der Waals surface area contributed by atoms with E-state index in [4.69, 9.17) is 24.3 Å². The van der Waals surface area contributed by atoms with Crippen LogP contribution in [0, 0.1) is 0 Å². The molecule has 3 aromatic heterocycles. The molecule has 1 unspecified atom stereocenters. The second kappa shape index (κ2) is 22.6. The van der Waals surface area contributed by atoms with Gasteiger partial charge in [0.05, 0.1) is 45.2 Å². The number of rotatable bonds is 14. The molecule has 0 spiro atoms. The quantitative estimate of drug-likeness (QED) is 0.0599. The van der Waals surface area contributed by atoms with Crippen LogP contribution in [0.15, 0.2) is 91.0 Å². The molecule has 11 rings (SSSR count). The van der Waals surface area contributed by atoms with Crippen LogP contribution in [0.25, 0.3) is 32.2 Å². The number of benzene rings is 4. The second-order valence-electron chi connectivity index (χ2n) is 22.1. The Kier molecular flexibility index (Phi) is 15.4. The number of halogens is 3. The molecule has 1 atom stereocenters. The van der Waals surface area contributed by atoms with Crippen LogP contribution in [0.2, 0.25) is 0 Å². The highest BCUT2D eigenvalue weighted by molar-refractivity contribution is 7.22. The Bertz CT molecular complexity index is 3450. The maximum Gasteiger partial charge on any atom is 0.420 e. The minimum atomic E-state index is -4.86. The first-order valence-corrected chi connectivity index (χ1v) is 28.3. The topological polar surface area (TPSA) is 173 Å². The van der Waals surface area contributed by atoms with Crippen molar-refractivity contribution in [2.24, 2.45) is 7.05 Å². The minimum Gasteiger partial charge on any atom is -0.490 e. The number of piperidine rings is 1. The Labute approximate surface area is 465 Å². The zero-order valence-corrected chi connectivity index (χ0v) is 46.1. The summed E-state index contributed by atoms with van der Waals surface area (Å²) in [5.74, 6) is -2.18. The predicted molar refractivity (Wildman–Crippen MR) is 300 cm³/mol. The molecule has 1 aliphatic carbocycles. The number of esters is 1. The number of pyridine rings is 1. The summed E-state index contributed by atoms with van der Waals surface area (Å²) in [7, 11) is 1.90. The minimum absolute atomic E-state index is 0.0351. The molecule has 3 aliphatic heterocycles. The number of alkyl halides is 3. The molecule has 20 heteroatoms. The maximum atomic E-state index is 15.5. The number of aromatic nitrogens is 4. The van der Waals surface area contributed by atoms with Gasteiger partial charge in [-0.1, -0.05) is 59.9 Å². The first-order chi connectivity index (χ1) is 38.4. The summed E-state index contributed by atoms with van der Waals surface area (Å²) in [5, 5.41) is 11.6. The lowest BCUT2D eigenvalue weighted by atomic mass is 9.92. The number of fused-ring (bicyclic) bond motifs is 3. The number of hydrogen-bond donors (Lipinski definition) is 2. The lowest BCUT2D eigenvalue weighted by Gasteiger charge is -2.36. The number of piperazine rings is 1. The average Bonchev–Trinajstić information content (AvgIpc) is 4.15. The van der Waals surface area contributed by atoms with Crippen molar-refractivity contribution in [3.8, 4) is 16.9 Å². The van der Waals surface area contributed by atoms with Gasteiger partial charge in [0.25, 0.3) is 5.91 Å². The lowest BCUT2D eigenvalue weighted by Crippen LogP contribution is -2.47. The van der Waals surface area contributed by atoms with E-state index in [-0.39, 0.29) is 52.9 Å². The van der Waals surface area contributed by atoms with Gasteiger partial charge in [0.2, 0.25) is 11.8 Å². The fourth-order valence-corrected chi connectivity index (χ4v) is 12.5. The third-order valence-corrected chi connectivity index (χ3v) is 16.4. The van der Waals surface area contributed by atoms with Crippen molar-refractivity contribution in [2.45, 2.75) is 109 Å². The summed E-state index contributed by atoms with van der Waals surface area (Å²) >= 11 is 1.38. The smallest absolute Gasteiger partial charge is 0.420 e. The Morgan fingerprint density at radius 1 is 0.800 bits per heavy atom. The molecule has 418 valence electrons. The molecule has 3 amide bonds. The van der Waals surface area contributed by atoms with Crippen molar-refractivity contribution < 1.29 is 46.6 Å². The highest BCUT2D eigenvalue weighted by Crippen LogP contribution is 2.45. The zero-order chi connectivity index (χ0) is 55.9. The van der Waals surface area contributed by atoms with Crippen molar-refractivity contribution in [3.05, 3.63) is 125 Å². The number of nitrogens with zero attached hydrogens (tertiary/aromatic N) is 7. The van der Waals surface area contributed by atoms with Crippen molar-refractivity contribution in [2.75, 3.05) is 61.0 Å². The van der Waals surface area contributed by atoms with Gasteiger partial charge in [-0.15, -0.1) is 0 Å². The second-order valence-corrected chi connectivity index (χ2v) is 23.1. The number of carbonyl (C=O) groups is 4. The van der Waals surface area contributed by atoms with Crippen molar-refractivity contribution >= 4 is 72.8 Å². The Morgan fingerprint density at radius 2 is 1.56 bits per heavy atom. The summed E-state index contributed by atoms with van der Waals surface area (Å²) < 4.78 is 67.6. The van der Waals surface area contributed by atoms with Gasteiger partial charge < -0.3 is 24.0 Å². The van der Waals surface area contributed by atoms with Crippen LogP contribution in [0.1, 0.15) is 115 Å². The molecular weight excluding hydrogens is 1050 g/mol. The molecule has 4 aliphatic rings. The van der Waals surface area contributed by atoms with E-state index in [1.165, 1.54) is 35.6 Å². The summed E-state index contributed by atoms with van der Waals surface area (Å²) in [5.41, 5.74) is 3.20. The van der Waals surface area contributed by atoms with Crippen LogP contribution in [0.3, 0.4) is 0 Å². The molecule has 80 heavy (non-hydrogen) atoms. The third kappa shape index (κ3) is 11.7. The van der Waals surface area contributed by atoms with E-state index in [1.807, 2.05) is 65.2 Å². The molecule has 1 saturated carbocycles. The third-order valence-electron chi connectivity index (χ3n) is 15.5.